The highest BCUT2D eigenvalue weighted by atomic mass is 16.5. The molecule has 0 radical (unpaired) electrons. The van der Waals surface area contributed by atoms with Crippen LogP contribution in [0.15, 0.2) is 54.6 Å². The molecule has 1 heterocycles. The second-order valence-corrected chi connectivity index (χ2v) is 6.62. The quantitative estimate of drug-likeness (QED) is 0.761. The topological polar surface area (TPSA) is 29.5 Å². The molecule has 3 rings (SSSR count). The van der Waals surface area contributed by atoms with Gasteiger partial charge in [-0.3, -0.25) is 4.79 Å². The van der Waals surface area contributed by atoms with Crippen LogP contribution in [0.5, 0.6) is 0 Å². The fraction of sp³-hybridized carbons (Fsp3) is 0.409. The molecule has 0 bridgehead atoms. The van der Waals surface area contributed by atoms with Crippen LogP contribution in [0.25, 0.3) is 0 Å². The average Bonchev–Trinajstić information content (AvgIpc) is 3.18. The number of carbonyl (C=O) groups is 1. The summed E-state index contributed by atoms with van der Waals surface area (Å²) in [5.41, 5.74) is 3.26. The number of nitrogens with zero attached hydrogens (tertiary/aromatic N) is 1. The Balaban J connectivity index is 1.70. The Morgan fingerprint density at radius 1 is 1.08 bits per heavy atom. The van der Waals surface area contributed by atoms with E-state index in [0.29, 0.717) is 13.1 Å². The number of hydrogen-bond donors (Lipinski definition) is 0. The molecule has 1 unspecified atom stereocenters. The molecule has 2 aromatic rings. The highest BCUT2D eigenvalue weighted by Crippen LogP contribution is 2.18. The van der Waals surface area contributed by atoms with E-state index in [-0.39, 0.29) is 12.0 Å². The fourth-order valence-corrected chi connectivity index (χ4v) is 3.43. The van der Waals surface area contributed by atoms with E-state index in [1.165, 1.54) is 5.56 Å². The minimum atomic E-state index is 0.127. The Bertz CT molecular complexity index is 677. The molecular weight excluding hydrogens is 310 g/mol. The standard InChI is InChI=1S/C22H27NO2/c1-2-23(17-20-12-8-16-25-20)22(24)21-13-7-6-11-19(21)15-14-18-9-4-3-5-10-18/h3-7,9-11,13,20H,2,8,12,14-17H2,1H3. The second-order valence-electron chi connectivity index (χ2n) is 6.62. The molecule has 132 valence electrons. The predicted octanol–water partition coefficient (Wildman–Crippen LogP) is 4.11. The largest absolute Gasteiger partial charge is 0.376 e. The highest BCUT2D eigenvalue weighted by Gasteiger charge is 2.23. The van der Waals surface area contributed by atoms with E-state index in [2.05, 4.69) is 30.3 Å². The van der Waals surface area contributed by atoms with Gasteiger partial charge in [0.05, 0.1) is 6.10 Å². The Morgan fingerprint density at radius 3 is 2.56 bits per heavy atom. The first-order chi connectivity index (χ1) is 12.3. The molecule has 1 amide bonds. The number of hydrogen-bond acceptors (Lipinski definition) is 2. The number of likely N-dealkylation sites (N-methyl/N-ethyl adjacent to an activating group) is 1. The summed E-state index contributed by atoms with van der Waals surface area (Å²) in [5.74, 6) is 0.127. The van der Waals surface area contributed by atoms with Crippen molar-refractivity contribution in [3.05, 3.63) is 71.3 Å². The zero-order chi connectivity index (χ0) is 17.5. The van der Waals surface area contributed by atoms with Crippen molar-refractivity contribution >= 4 is 5.91 Å². The van der Waals surface area contributed by atoms with Crippen molar-refractivity contribution in [3.63, 3.8) is 0 Å². The van der Waals surface area contributed by atoms with Gasteiger partial charge in [0.15, 0.2) is 0 Å². The van der Waals surface area contributed by atoms with Crippen molar-refractivity contribution in [2.24, 2.45) is 0 Å². The van der Waals surface area contributed by atoms with E-state index in [1.807, 2.05) is 36.1 Å². The van der Waals surface area contributed by atoms with E-state index in [4.69, 9.17) is 4.74 Å². The van der Waals surface area contributed by atoms with Crippen molar-refractivity contribution in [2.45, 2.75) is 38.7 Å². The molecule has 0 saturated carbocycles. The summed E-state index contributed by atoms with van der Waals surface area (Å²) in [5, 5.41) is 0. The summed E-state index contributed by atoms with van der Waals surface area (Å²) >= 11 is 0. The zero-order valence-electron chi connectivity index (χ0n) is 15.0. The van der Waals surface area contributed by atoms with Gasteiger partial charge in [-0.05, 0) is 49.8 Å². The molecule has 25 heavy (non-hydrogen) atoms. The highest BCUT2D eigenvalue weighted by molar-refractivity contribution is 5.95. The van der Waals surface area contributed by atoms with Gasteiger partial charge in [0.2, 0.25) is 0 Å². The number of rotatable bonds is 7. The molecule has 0 N–H and O–H groups in total. The zero-order valence-corrected chi connectivity index (χ0v) is 15.0. The van der Waals surface area contributed by atoms with E-state index in [1.54, 1.807) is 0 Å². The summed E-state index contributed by atoms with van der Waals surface area (Å²) in [7, 11) is 0. The van der Waals surface area contributed by atoms with Crippen LogP contribution in [0, 0.1) is 0 Å². The summed E-state index contributed by atoms with van der Waals surface area (Å²) < 4.78 is 5.71. The monoisotopic (exact) mass is 337 g/mol. The van der Waals surface area contributed by atoms with Crippen LogP contribution in [0.2, 0.25) is 0 Å². The molecular formula is C22H27NO2. The maximum atomic E-state index is 13.1. The third-order valence-corrected chi connectivity index (χ3v) is 4.89. The van der Waals surface area contributed by atoms with Crippen molar-refractivity contribution in [1.29, 1.82) is 0 Å². The molecule has 1 fully saturated rings. The normalized spacial score (nSPS) is 16.8. The summed E-state index contributed by atoms with van der Waals surface area (Å²) in [6, 6.07) is 18.5. The Labute approximate surface area is 150 Å². The molecule has 1 atom stereocenters. The summed E-state index contributed by atoms with van der Waals surface area (Å²) in [6.07, 6.45) is 4.18. The van der Waals surface area contributed by atoms with Crippen molar-refractivity contribution < 1.29 is 9.53 Å². The third-order valence-electron chi connectivity index (χ3n) is 4.89. The minimum absolute atomic E-state index is 0.127. The third kappa shape index (κ3) is 4.70. The summed E-state index contributed by atoms with van der Waals surface area (Å²) in [6.45, 7) is 4.28. The number of amides is 1. The lowest BCUT2D eigenvalue weighted by atomic mass is 9.99. The molecule has 3 nitrogen and oxygen atoms in total. The van der Waals surface area contributed by atoms with E-state index in [9.17, 15) is 4.79 Å². The first kappa shape index (κ1) is 17.7. The van der Waals surface area contributed by atoms with Gasteiger partial charge >= 0.3 is 0 Å². The molecule has 0 aliphatic carbocycles. The lowest BCUT2D eigenvalue weighted by Gasteiger charge is -2.25. The Hall–Kier alpha value is -2.13. The maximum absolute atomic E-state index is 13.1. The average molecular weight is 337 g/mol. The molecule has 1 saturated heterocycles. The Morgan fingerprint density at radius 2 is 1.84 bits per heavy atom. The molecule has 0 aromatic heterocycles. The molecule has 3 heteroatoms. The maximum Gasteiger partial charge on any atom is 0.254 e. The van der Waals surface area contributed by atoms with E-state index < -0.39 is 0 Å². The van der Waals surface area contributed by atoms with E-state index in [0.717, 1.165) is 43.4 Å². The smallest absolute Gasteiger partial charge is 0.254 e. The van der Waals surface area contributed by atoms with Crippen LogP contribution >= 0.6 is 0 Å². The van der Waals surface area contributed by atoms with Gasteiger partial charge in [0, 0.05) is 25.3 Å². The Kier molecular flexibility index (Phi) is 6.24. The van der Waals surface area contributed by atoms with Crippen molar-refractivity contribution in [1.82, 2.24) is 4.90 Å². The minimum Gasteiger partial charge on any atom is -0.376 e. The van der Waals surface area contributed by atoms with Gasteiger partial charge in [0.1, 0.15) is 0 Å². The van der Waals surface area contributed by atoms with Crippen LogP contribution in [-0.2, 0) is 17.6 Å². The first-order valence-corrected chi connectivity index (χ1v) is 9.30. The van der Waals surface area contributed by atoms with Crippen LogP contribution in [-0.4, -0.2) is 36.6 Å². The van der Waals surface area contributed by atoms with Crippen LogP contribution in [0.1, 0.15) is 41.3 Å². The van der Waals surface area contributed by atoms with Gasteiger partial charge in [0.25, 0.3) is 5.91 Å². The number of aryl methyl sites for hydroxylation is 2. The molecule has 0 spiro atoms. The van der Waals surface area contributed by atoms with Gasteiger partial charge in [-0.1, -0.05) is 48.5 Å². The van der Waals surface area contributed by atoms with Gasteiger partial charge in [-0.15, -0.1) is 0 Å². The van der Waals surface area contributed by atoms with Gasteiger partial charge in [-0.25, -0.2) is 0 Å². The van der Waals surface area contributed by atoms with Crippen molar-refractivity contribution in [3.8, 4) is 0 Å². The summed E-state index contributed by atoms with van der Waals surface area (Å²) in [4.78, 5) is 15.0. The fourth-order valence-electron chi connectivity index (χ4n) is 3.43. The lowest BCUT2D eigenvalue weighted by molar-refractivity contribution is 0.0538. The second kappa shape index (κ2) is 8.82. The van der Waals surface area contributed by atoms with E-state index >= 15 is 0 Å². The van der Waals surface area contributed by atoms with Crippen LogP contribution < -0.4 is 0 Å². The number of ether oxygens (including phenoxy) is 1. The molecule has 1 aliphatic rings. The lowest BCUT2D eigenvalue weighted by Crippen LogP contribution is -2.37. The van der Waals surface area contributed by atoms with Crippen LogP contribution in [0.4, 0.5) is 0 Å². The van der Waals surface area contributed by atoms with Crippen LogP contribution in [0.3, 0.4) is 0 Å². The predicted molar refractivity (Wildman–Crippen MR) is 101 cm³/mol. The SMILES string of the molecule is CCN(CC1CCCO1)C(=O)c1ccccc1CCc1ccccc1. The molecule has 1 aliphatic heterocycles. The molecule has 2 aromatic carbocycles. The number of carbonyl (C=O) groups excluding carboxylic acids is 1. The number of benzene rings is 2. The van der Waals surface area contributed by atoms with Gasteiger partial charge < -0.3 is 9.64 Å². The van der Waals surface area contributed by atoms with Crippen molar-refractivity contribution in [2.75, 3.05) is 19.7 Å². The first-order valence-electron chi connectivity index (χ1n) is 9.30. The van der Waals surface area contributed by atoms with Gasteiger partial charge in [-0.2, -0.15) is 0 Å².